The van der Waals surface area contributed by atoms with Crippen molar-refractivity contribution in [3.05, 3.63) is 47.8 Å². The molecule has 1 heterocycles. The van der Waals surface area contributed by atoms with Crippen molar-refractivity contribution < 1.29 is 9.84 Å². The Kier molecular flexibility index (Phi) is 8.52. The van der Waals surface area contributed by atoms with E-state index in [1.54, 1.807) is 0 Å². The molecule has 3 rings (SSSR count). The van der Waals surface area contributed by atoms with Gasteiger partial charge >= 0.3 is 0 Å². The van der Waals surface area contributed by atoms with E-state index in [0.29, 0.717) is 19.2 Å². The quantitative estimate of drug-likeness (QED) is 0.607. The molecule has 0 aliphatic heterocycles. The van der Waals surface area contributed by atoms with Crippen LogP contribution in [-0.2, 0) is 19.6 Å². The van der Waals surface area contributed by atoms with E-state index in [2.05, 4.69) is 41.5 Å². The lowest BCUT2D eigenvalue weighted by Crippen LogP contribution is -2.40. The Bertz CT molecular complexity index is 727. The highest BCUT2D eigenvalue weighted by Crippen LogP contribution is 2.21. The van der Waals surface area contributed by atoms with Crippen LogP contribution in [0.4, 0.5) is 0 Å². The second kappa shape index (κ2) is 11.3. The zero-order valence-electron chi connectivity index (χ0n) is 17.9. The number of aryl methyl sites for hydroxylation is 1. The zero-order chi connectivity index (χ0) is 20.5. The van der Waals surface area contributed by atoms with Gasteiger partial charge in [0.15, 0.2) is 0 Å². The molecule has 1 atom stereocenters. The summed E-state index contributed by atoms with van der Waals surface area (Å²) in [6.07, 6.45) is 9.96. The molecule has 2 N–H and O–H groups in total. The van der Waals surface area contributed by atoms with Crippen molar-refractivity contribution in [1.29, 1.82) is 0 Å². The Morgan fingerprint density at radius 2 is 2.03 bits per heavy atom. The molecule has 29 heavy (non-hydrogen) atoms. The first-order chi connectivity index (χ1) is 14.1. The fourth-order valence-corrected chi connectivity index (χ4v) is 4.02. The Labute approximate surface area is 174 Å². The third-order valence-electron chi connectivity index (χ3n) is 5.71. The number of aliphatic hydroxyl groups is 1. The van der Waals surface area contributed by atoms with Crippen LogP contribution in [-0.4, -0.2) is 52.1 Å². The van der Waals surface area contributed by atoms with E-state index in [4.69, 9.17) is 4.74 Å². The zero-order valence-corrected chi connectivity index (χ0v) is 17.9. The number of nitrogens with zero attached hydrogens (tertiary/aromatic N) is 3. The number of rotatable bonds is 11. The van der Waals surface area contributed by atoms with Gasteiger partial charge in [0.1, 0.15) is 18.5 Å². The Morgan fingerprint density at radius 1 is 1.24 bits per heavy atom. The van der Waals surface area contributed by atoms with Crippen LogP contribution in [0.1, 0.15) is 50.2 Å². The Morgan fingerprint density at radius 3 is 2.79 bits per heavy atom. The molecule has 6 nitrogen and oxygen atoms in total. The molecule has 0 radical (unpaired) electrons. The molecule has 0 spiro atoms. The fourth-order valence-electron chi connectivity index (χ4n) is 4.02. The summed E-state index contributed by atoms with van der Waals surface area (Å²) in [5.74, 6) is 0.808. The van der Waals surface area contributed by atoms with Crippen LogP contribution in [0.3, 0.4) is 0 Å². The van der Waals surface area contributed by atoms with Crippen molar-refractivity contribution in [2.24, 2.45) is 0 Å². The van der Waals surface area contributed by atoms with Gasteiger partial charge in [-0.2, -0.15) is 5.10 Å². The lowest BCUT2D eigenvalue weighted by Gasteiger charge is -2.32. The standard InChI is InChI=1S/C23H36N4O2/c1-3-27-16-20(15-25-27)14-24-13-19-8-7-11-23(12-19)29-18-22(28)17-26(2)21-9-5-4-6-10-21/h7-8,11-12,15-16,21-22,24,28H,3-6,9-10,13-14,17-18H2,1-2H3. The highest BCUT2D eigenvalue weighted by Gasteiger charge is 2.20. The molecule has 160 valence electrons. The Hall–Kier alpha value is -1.89. The second-order valence-electron chi connectivity index (χ2n) is 8.15. The summed E-state index contributed by atoms with van der Waals surface area (Å²) in [5.41, 5.74) is 2.35. The third kappa shape index (κ3) is 7.14. The van der Waals surface area contributed by atoms with Crippen molar-refractivity contribution in [3.8, 4) is 5.75 Å². The largest absolute Gasteiger partial charge is 0.491 e. The molecule has 1 saturated carbocycles. The number of aliphatic hydroxyl groups excluding tert-OH is 1. The molecule has 1 aromatic heterocycles. The van der Waals surface area contributed by atoms with E-state index in [-0.39, 0.29) is 0 Å². The first-order valence-electron chi connectivity index (χ1n) is 11.0. The molecule has 1 aromatic carbocycles. The first-order valence-corrected chi connectivity index (χ1v) is 11.0. The van der Waals surface area contributed by atoms with Crippen LogP contribution in [0.25, 0.3) is 0 Å². The van der Waals surface area contributed by atoms with Gasteiger partial charge in [-0.05, 0) is 44.5 Å². The summed E-state index contributed by atoms with van der Waals surface area (Å²) in [6, 6.07) is 8.69. The number of nitrogens with one attached hydrogen (secondary N) is 1. The van der Waals surface area contributed by atoms with Gasteiger partial charge in [-0.25, -0.2) is 0 Å². The minimum atomic E-state index is -0.473. The molecule has 0 bridgehead atoms. The van der Waals surface area contributed by atoms with E-state index < -0.39 is 6.10 Å². The van der Waals surface area contributed by atoms with Gasteiger partial charge in [0, 0.05) is 44.0 Å². The van der Waals surface area contributed by atoms with E-state index in [9.17, 15) is 5.11 Å². The van der Waals surface area contributed by atoms with Gasteiger partial charge in [-0.15, -0.1) is 0 Å². The van der Waals surface area contributed by atoms with Gasteiger partial charge in [0.05, 0.1) is 6.20 Å². The normalized spacial score (nSPS) is 16.3. The lowest BCUT2D eigenvalue weighted by molar-refractivity contribution is 0.0561. The van der Waals surface area contributed by atoms with E-state index in [1.807, 2.05) is 29.1 Å². The smallest absolute Gasteiger partial charge is 0.119 e. The summed E-state index contributed by atoms with van der Waals surface area (Å²) in [6.45, 7) is 5.52. The Balaban J connectivity index is 1.39. The molecule has 1 aliphatic carbocycles. The monoisotopic (exact) mass is 400 g/mol. The molecule has 1 aliphatic rings. The number of aromatic nitrogens is 2. The molecule has 0 amide bonds. The van der Waals surface area contributed by atoms with Gasteiger partial charge in [-0.1, -0.05) is 31.4 Å². The van der Waals surface area contributed by atoms with Gasteiger partial charge in [0.2, 0.25) is 0 Å². The van der Waals surface area contributed by atoms with E-state index in [0.717, 1.165) is 25.4 Å². The van der Waals surface area contributed by atoms with Gasteiger partial charge in [0.25, 0.3) is 0 Å². The topological polar surface area (TPSA) is 62.6 Å². The van der Waals surface area contributed by atoms with E-state index >= 15 is 0 Å². The number of benzene rings is 1. The number of likely N-dealkylation sites (N-methyl/N-ethyl adjacent to an activating group) is 1. The van der Waals surface area contributed by atoms with Crippen molar-refractivity contribution >= 4 is 0 Å². The predicted octanol–water partition coefficient (Wildman–Crippen LogP) is 3.20. The summed E-state index contributed by atoms with van der Waals surface area (Å²) in [4.78, 5) is 2.30. The molecule has 0 saturated heterocycles. The van der Waals surface area contributed by atoms with Crippen LogP contribution in [0.2, 0.25) is 0 Å². The lowest BCUT2D eigenvalue weighted by atomic mass is 9.94. The van der Waals surface area contributed by atoms with Crippen LogP contribution < -0.4 is 10.1 Å². The fraction of sp³-hybridized carbons (Fsp3) is 0.609. The van der Waals surface area contributed by atoms with E-state index in [1.165, 1.54) is 43.2 Å². The number of ether oxygens (including phenoxy) is 1. The first kappa shape index (κ1) is 21.8. The summed E-state index contributed by atoms with van der Waals surface area (Å²) >= 11 is 0. The summed E-state index contributed by atoms with van der Waals surface area (Å²) in [5, 5.41) is 18.1. The molecule has 6 heteroatoms. The van der Waals surface area contributed by atoms with Crippen molar-refractivity contribution in [3.63, 3.8) is 0 Å². The van der Waals surface area contributed by atoms with Crippen molar-refractivity contribution in [1.82, 2.24) is 20.0 Å². The summed E-state index contributed by atoms with van der Waals surface area (Å²) < 4.78 is 7.79. The third-order valence-corrected chi connectivity index (χ3v) is 5.71. The second-order valence-corrected chi connectivity index (χ2v) is 8.15. The van der Waals surface area contributed by atoms with Crippen LogP contribution in [0.5, 0.6) is 5.75 Å². The highest BCUT2D eigenvalue weighted by atomic mass is 16.5. The molecule has 2 aromatic rings. The van der Waals surface area contributed by atoms with Gasteiger partial charge < -0.3 is 20.1 Å². The summed E-state index contributed by atoms with van der Waals surface area (Å²) in [7, 11) is 2.12. The number of hydrogen-bond donors (Lipinski definition) is 2. The molecule has 1 unspecified atom stereocenters. The minimum absolute atomic E-state index is 0.324. The minimum Gasteiger partial charge on any atom is -0.491 e. The van der Waals surface area contributed by atoms with Crippen molar-refractivity contribution in [2.45, 2.75) is 70.8 Å². The maximum Gasteiger partial charge on any atom is 0.119 e. The average molecular weight is 401 g/mol. The van der Waals surface area contributed by atoms with Crippen LogP contribution in [0.15, 0.2) is 36.7 Å². The predicted molar refractivity (Wildman–Crippen MR) is 116 cm³/mol. The maximum atomic E-state index is 10.4. The van der Waals surface area contributed by atoms with Gasteiger partial charge in [-0.3, -0.25) is 4.68 Å². The SMILES string of the molecule is CCn1cc(CNCc2cccc(OCC(O)CN(C)C3CCCCC3)c2)cn1. The van der Waals surface area contributed by atoms with Crippen LogP contribution >= 0.6 is 0 Å². The van der Waals surface area contributed by atoms with Crippen LogP contribution in [0, 0.1) is 0 Å². The number of hydrogen-bond acceptors (Lipinski definition) is 5. The highest BCUT2D eigenvalue weighted by molar-refractivity contribution is 5.28. The molecule has 1 fully saturated rings. The van der Waals surface area contributed by atoms with Crippen molar-refractivity contribution in [2.75, 3.05) is 20.2 Å². The average Bonchev–Trinajstić information content (AvgIpc) is 3.21. The maximum absolute atomic E-state index is 10.4. The molecular weight excluding hydrogens is 364 g/mol. The molecular formula is C23H36N4O2.